The van der Waals surface area contributed by atoms with Gasteiger partial charge in [-0.15, -0.1) is 0 Å². The largest absolute Gasteiger partial charge is 0.324 e. The first-order chi connectivity index (χ1) is 8.27. The Morgan fingerprint density at radius 1 is 1.44 bits per heavy atom. The molecular formula is C14H19N3O. The van der Waals surface area contributed by atoms with Gasteiger partial charge in [-0.1, -0.05) is 32.9 Å². The summed E-state index contributed by atoms with van der Waals surface area (Å²) in [6.45, 7) is 7.54. The van der Waals surface area contributed by atoms with Crippen molar-refractivity contribution in [2.24, 2.45) is 11.1 Å². The summed E-state index contributed by atoms with van der Waals surface area (Å²) in [7, 11) is 0. The van der Waals surface area contributed by atoms with Crippen molar-refractivity contribution in [3.63, 3.8) is 0 Å². The van der Waals surface area contributed by atoms with Crippen LogP contribution in [0.5, 0.6) is 0 Å². The fourth-order valence-electron chi connectivity index (χ4n) is 1.52. The molecule has 1 atom stereocenters. The van der Waals surface area contributed by atoms with Crippen LogP contribution in [0.4, 0.5) is 5.69 Å². The molecule has 0 saturated heterocycles. The second-order valence-corrected chi connectivity index (χ2v) is 5.44. The minimum Gasteiger partial charge on any atom is -0.324 e. The molecule has 0 fully saturated rings. The quantitative estimate of drug-likeness (QED) is 0.838. The van der Waals surface area contributed by atoms with Crippen LogP contribution in [0.25, 0.3) is 0 Å². The molecule has 1 rings (SSSR count). The average Bonchev–Trinajstić information content (AvgIpc) is 2.27. The molecule has 0 unspecified atom stereocenters. The summed E-state index contributed by atoms with van der Waals surface area (Å²) in [4.78, 5) is 12.0. The molecule has 4 nitrogen and oxygen atoms in total. The number of hydrogen-bond acceptors (Lipinski definition) is 3. The zero-order valence-corrected chi connectivity index (χ0v) is 11.2. The number of aryl methyl sites for hydroxylation is 1. The molecule has 3 N–H and O–H groups in total. The molecule has 0 spiro atoms. The van der Waals surface area contributed by atoms with Gasteiger partial charge in [-0.05, 0) is 24.0 Å². The van der Waals surface area contributed by atoms with Gasteiger partial charge in [0.25, 0.3) is 0 Å². The maximum absolute atomic E-state index is 12.0. The minimum absolute atomic E-state index is 0.274. The monoisotopic (exact) mass is 245 g/mol. The molecule has 0 aromatic heterocycles. The fraction of sp³-hybridized carbons (Fsp3) is 0.429. The molecule has 0 saturated carbocycles. The van der Waals surface area contributed by atoms with E-state index in [1.165, 1.54) is 0 Å². The van der Waals surface area contributed by atoms with E-state index >= 15 is 0 Å². The molecular weight excluding hydrogens is 226 g/mol. The molecule has 4 heteroatoms. The Morgan fingerprint density at radius 3 is 2.56 bits per heavy atom. The molecule has 18 heavy (non-hydrogen) atoms. The van der Waals surface area contributed by atoms with Crippen LogP contribution in [0.3, 0.4) is 0 Å². The molecule has 0 aliphatic heterocycles. The van der Waals surface area contributed by atoms with Crippen LogP contribution >= 0.6 is 0 Å². The Kier molecular flexibility index (Phi) is 4.10. The molecule has 1 aromatic carbocycles. The van der Waals surface area contributed by atoms with E-state index < -0.39 is 6.04 Å². The third kappa shape index (κ3) is 3.08. The van der Waals surface area contributed by atoms with Crippen LogP contribution in [-0.4, -0.2) is 11.9 Å². The van der Waals surface area contributed by atoms with Gasteiger partial charge in [-0.3, -0.25) is 4.79 Å². The number of rotatable bonds is 2. The third-order valence-corrected chi connectivity index (χ3v) is 2.86. The Morgan fingerprint density at radius 2 is 2.06 bits per heavy atom. The van der Waals surface area contributed by atoms with Crippen molar-refractivity contribution in [1.29, 1.82) is 5.26 Å². The third-order valence-electron chi connectivity index (χ3n) is 2.86. The second kappa shape index (κ2) is 5.19. The van der Waals surface area contributed by atoms with Crippen molar-refractivity contribution in [2.45, 2.75) is 33.7 Å². The molecule has 0 aliphatic rings. The first-order valence-electron chi connectivity index (χ1n) is 5.83. The van der Waals surface area contributed by atoms with E-state index in [-0.39, 0.29) is 11.3 Å². The van der Waals surface area contributed by atoms with Crippen LogP contribution in [0.15, 0.2) is 18.2 Å². The van der Waals surface area contributed by atoms with Crippen LogP contribution in [0, 0.1) is 23.7 Å². The number of nitrogens with two attached hydrogens (primary N) is 1. The molecule has 0 radical (unpaired) electrons. The lowest BCUT2D eigenvalue weighted by Gasteiger charge is -2.26. The van der Waals surface area contributed by atoms with Crippen molar-refractivity contribution < 1.29 is 4.79 Å². The summed E-state index contributed by atoms with van der Waals surface area (Å²) in [5, 5.41) is 11.8. The standard InChI is InChI=1S/C14H19N3O/c1-9-6-5-7-11(10(9)8-15)17-13(18)12(16)14(2,3)4/h5-7,12H,16H2,1-4H3,(H,17,18)/t12-/m0/s1. The number of amides is 1. The number of anilines is 1. The van der Waals surface area contributed by atoms with Crippen molar-refractivity contribution in [2.75, 3.05) is 5.32 Å². The lowest BCUT2D eigenvalue weighted by atomic mass is 9.87. The highest BCUT2D eigenvalue weighted by atomic mass is 16.2. The topological polar surface area (TPSA) is 78.9 Å². The van der Waals surface area contributed by atoms with E-state index in [0.29, 0.717) is 11.3 Å². The van der Waals surface area contributed by atoms with Crippen molar-refractivity contribution in [3.05, 3.63) is 29.3 Å². The number of hydrogen-bond donors (Lipinski definition) is 2. The molecule has 0 heterocycles. The normalized spacial score (nSPS) is 12.7. The number of nitrogens with one attached hydrogen (secondary N) is 1. The van der Waals surface area contributed by atoms with Crippen LogP contribution in [0.1, 0.15) is 31.9 Å². The van der Waals surface area contributed by atoms with Crippen LogP contribution < -0.4 is 11.1 Å². The summed E-state index contributed by atoms with van der Waals surface area (Å²) in [6, 6.07) is 6.81. The van der Waals surface area contributed by atoms with Crippen molar-refractivity contribution >= 4 is 11.6 Å². The van der Waals surface area contributed by atoms with Crippen LogP contribution in [0.2, 0.25) is 0 Å². The van der Waals surface area contributed by atoms with Crippen LogP contribution in [-0.2, 0) is 4.79 Å². The summed E-state index contributed by atoms with van der Waals surface area (Å²) in [5.74, 6) is -0.274. The van der Waals surface area contributed by atoms with E-state index in [4.69, 9.17) is 11.0 Å². The van der Waals surface area contributed by atoms with Gasteiger partial charge in [0.2, 0.25) is 5.91 Å². The number of nitriles is 1. The van der Waals surface area contributed by atoms with Gasteiger partial charge in [0, 0.05) is 0 Å². The first-order valence-corrected chi connectivity index (χ1v) is 5.83. The molecule has 96 valence electrons. The van der Waals surface area contributed by atoms with Crippen molar-refractivity contribution in [1.82, 2.24) is 0 Å². The Bertz CT molecular complexity index is 495. The van der Waals surface area contributed by atoms with Crippen molar-refractivity contribution in [3.8, 4) is 6.07 Å². The van der Waals surface area contributed by atoms with Gasteiger partial charge in [-0.25, -0.2) is 0 Å². The molecule has 0 aliphatic carbocycles. The van der Waals surface area contributed by atoms with E-state index in [1.807, 2.05) is 33.8 Å². The Labute approximate surface area is 108 Å². The van der Waals surface area contributed by atoms with Gasteiger partial charge < -0.3 is 11.1 Å². The molecule has 1 amide bonds. The van der Waals surface area contributed by atoms with E-state index in [0.717, 1.165) is 5.56 Å². The number of benzene rings is 1. The maximum Gasteiger partial charge on any atom is 0.241 e. The second-order valence-electron chi connectivity index (χ2n) is 5.44. The molecule has 1 aromatic rings. The summed E-state index contributed by atoms with van der Waals surface area (Å²) < 4.78 is 0. The van der Waals surface area contributed by atoms with E-state index in [9.17, 15) is 4.79 Å². The van der Waals surface area contributed by atoms with Gasteiger partial charge in [0.1, 0.15) is 6.07 Å². The van der Waals surface area contributed by atoms with Gasteiger partial charge in [0.05, 0.1) is 17.3 Å². The summed E-state index contributed by atoms with van der Waals surface area (Å²) in [5.41, 5.74) is 7.39. The SMILES string of the molecule is Cc1cccc(NC(=O)[C@H](N)C(C)(C)C)c1C#N. The summed E-state index contributed by atoms with van der Waals surface area (Å²) in [6.07, 6.45) is 0. The average molecular weight is 245 g/mol. The fourth-order valence-corrected chi connectivity index (χ4v) is 1.52. The van der Waals surface area contributed by atoms with Gasteiger partial charge in [-0.2, -0.15) is 5.26 Å². The number of carbonyl (C=O) groups excluding carboxylic acids is 1. The lowest BCUT2D eigenvalue weighted by Crippen LogP contribution is -2.45. The number of nitrogens with zero attached hydrogens (tertiary/aromatic N) is 1. The number of carbonyl (C=O) groups is 1. The zero-order valence-electron chi connectivity index (χ0n) is 11.2. The highest BCUT2D eigenvalue weighted by Crippen LogP contribution is 2.22. The zero-order chi connectivity index (χ0) is 13.9. The first kappa shape index (κ1) is 14.2. The van der Waals surface area contributed by atoms with E-state index in [1.54, 1.807) is 12.1 Å². The Hall–Kier alpha value is -1.86. The summed E-state index contributed by atoms with van der Waals surface area (Å²) >= 11 is 0. The van der Waals surface area contributed by atoms with E-state index in [2.05, 4.69) is 11.4 Å². The minimum atomic E-state index is -0.621. The Balaban J connectivity index is 2.97. The smallest absolute Gasteiger partial charge is 0.241 e. The maximum atomic E-state index is 12.0. The highest BCUT2D eigenvalue weighted by Gasteiger charge is 2.27. The highest BCUT2D eigenvalue weighted by molar-refractivity contribution is 5.96. The predicted octanol–water partition coefficient (Wildman–Crippen LogP) is 2.18. The predicted molar refractivity (Wildman–Crippen MR) is 72.0 cm³/mol. The van der Waals surface area contributed by atoms with Gasteiger partial charge in [0.15, 0.2) is 0 Å². The van der Waals surface area contributed by atoms with Gasteiger partial charge >= 0.3 is 0 Å². The molecule has 0 bridgehead atoms. The lowest BCUT2D eigenvalue weighted by molar-refractivity contribution is -0.119.